The maximum absolute atomic E-state index is 13.1. The smallest absolute Gasteiger partial charge is 0.416 e. The van der Waals surface area contributed by atoms with E-state index in [1.54, 1.807) is 12.1 Å². The Balaban J connectivity index is 1.56. The van der Waals surface area contributed by atoms with Gasteiger partial charge in [0, 0.05) is 23.1 Å². The highest BCUT2D eigenvalue weighted by atomic mass is 19.4. The number of amides is 2. The van der Waals surface area contributed by atoms with Crippen molar-refractivity contribution < 1.29 is 27.9 Å². The molecule has 0 saturated heterocycles. The fraction of sp³-hybridized carbons (Fsp3) is 0.0909. The second-order valence-electron chi connectivity index (χ2n) is 7.35. The van der Waals surface area contributed by atoms with E-state index in [1.165, 1.54) is 48.2 Å². The fourth-order valence-corrected chi connectivity index (χ4v) is 3.51. The molecule has 0 radical (unpaired) electrons. The second-order valence-corrected chi connectivity index (χ2v) is 7.35. The molecule has 0 aliphatic heterocycles. The number of aryl methyl sites for hydroxylation is 1. The SMILES string of the molecule is Cc1ccc(NC(=O)Nc2ccc(-c3c(C(=O)O)cn4ncnc(N)c34)cc2)cc1C(F)(F)F. The number of benzene rings is 2. The summed E-state index contributed by atoms with van der Waals surface area (Å²) in [7, 11) is 0. The first-order valence-electron chi connectivity index (χ1n) is 9.76. The highest BCUT2D eigenvalue weighted by Gasteiger charge is 2.32. The molecule has 0 fully saturated rings. The lowest BCUT2D eigenvalue weighted by Gasteiger charge is -2.13. The molecular weight excluding hydrogens is 453 g/mol. The van der Waals surface area contributed by atoms with Gasteiger partial charge in [0.2, 0.25) is 0 Å². The number of carbonyl (C=O) groups excluding carboxylic acids is 1. The zero-order valence-electron chi connectivity index (χ0n) is 17.5. The third-order valence-electron chi connectivity index (χ3n) is 5.06. The van der Waals surface area contributed by atoms with Gasteiger partial charge in [0.15, 0.2) is 5.82 Å². The number of nitrogens with zero attached hydrogens (tertiary/aromatic N) is 3. The lowest BCUT2D eigenvalue weighted by Crippen LogP contribution is -2.20. The zero-order valence-corrected chi connectivity index (χ0v) is 17.5. The van der Waals surface area contributed by atoms with Crippen molar-refractivity contribution >= 4 is 34.7 Å². The lowest BCUT2D eigenvalue weighted by molar-refractivity contribution is -0.138. The normalized spacial score (nSPS) is 11.4. The number of fused-ring (bicyclic) bond motifs is 1. The van der Waals surface area contributed by atoms with Crippen molar-refractivity contribution in [3.05, 3.63) is 71.7 Å². The maximum Gasteiger partial charge on any atom is 0.416 e. The Kier molecular flexibility index (Phi) is 5.57. The van der Waals surface area contributed by atoms with E-state index in [0.717, 1.165) is 6.07 Å². The Bertz CT molecular complexity index is 1410. The predicted molar refractivity (Wildman–Crippen MR) is 119 cm³/mol. The number of nitrogen functional groups attached to an aromatic ring is 1. The van der Waals surface area contributed by atoms with E-state index >= 15 is 0 Å². The van der Waals surface area contributed by atoms with Gasteiger partial charge in [-0.3, -0.25) is 0 Å². The molecule has 0 aliphatic carbocycles. The Hall–Kier alpha value is -4.61. The number of alkyl halides is 3. The van der Waals surface area contributed by atoms with Gasteiger partial charge in [-0.05, 0) is 42.3 Å². The number of carboxylic acids is 1. The summed E-state index contributed by atoms with van der Waals surface area (Å²) in [6.45, 7) is 1.33. The molecule has 2 heterocycles. The molecular formula is C22H17F3N6O3. The Morgan fingerprint density at radius 1 is 1.06 bits per heavy atom. The predicted octanol–water partition coefficient (Wildman–Crippen LogP) is 4.65. The summed E-state index contributed by atoms with van der Waals surface area (Å²) in [5.41, 5.74) is 6.51. The molecule has 4 aromatic rings. The molecule has 0 atom stereocenters. The lowest BCUT2D eigenvalue weighted by atomic mass is 10.0. The van der Waals surface area contributed by atoms with E-state index in [0.29, 0.717) is 22.3 Å². The number of hydrogen-bond acceptors (Lipinski definition) is 5. The van der Waals surface area contributed by atoms with Crippen molar-refractivity contribution in [2.45, 2.75) is 13.1 Å². The van der Waals surface area contributed by atoms with Crippen LogP contribution in [0.1, 0.15) is 21.5 Å². The molecule has 0 spiro atoms. The number of halogens is 3. The van der Waals surface area contributed by atoms with Crippen LogP contribution >= 0.6 is 0 Å². The molecule has 0 bridgehead atoms. The van der Waals surface area contributed by atoms with E-state index in [2.05, 4.69) is 20.7 Å². The summed E-state index contributed by atoms with van der Waals surface area (Å²) in [6, 6.07) is 8.91. The maximum atomic E-state index is 13.1. The summed E-state index contributed by atoms with van der Waals surface area (Å²) >= 11 is 0. The highest BCUT2D eigenvalue weighted by Crippen LogP contribution is 2.34. The van der Waals surface area contributed by atoms with Crippen LogP contribution in [-0.4, -0.2) is 31.7 Å². The molecule has 5 N–H and O–H groups in total. The molecule has 34 heavy (non-hydrogen) atoms. The van der Waals surface area contributed by atoms with E-state index in [4.69, 9.17) is 5.73 Å². The molecule has 0 unspecified atom stereocenters. The van der Waals surface area contributed by atoms with Gasteiger partial charge in [-0.25, -0.2) is 19.1 Å². The quantitative estimate of drug-likeness (QED) is 0.343. The van der Waals surface area contributed by atoms with Gasteiger partial charge >= 0.3 is 18.2 Å². The molecule has 2 aromatic heterocycles. The van der Waals surface area contributed by atoms with Crippen LogP contribution in [0.2, 0.25) is 0 Å². The number of urea groups is 1. The Morgan fingerprint density at radius 2 is 1.71 bits per heavy atom. The molecule has 9 nitrogen and oxygen atoms in total. The number of aromatic nitrogens is 3. The van der Waals surface area contributed by atoms with Crippen LogP contribution in [0.5, 0.6) is 0 Å². The highest BCUT2D eigenvalue weighted by molar-refractivity contribution is 6.04. The van der Waals surface area contributed by atoms with Crippen molar-refractivity contribution in [2.75, 3.05) is 16.4 Å². The second kappa shape index (κ2) is 8.39. The number of rotatable bonds is 4. The van der Waals surface area contributed by atoms with E-state index in [9.17, 15) is 27.9 Å². The number of carboxylic acid groups (broad SMARTS) is 1. The van der Waals surface area contributed by atoms with E-state index < -0.39 is 23.7 Å². The summed E-state index contributed by atoms with van der Waals surface area (Å²) in [4.78, 5) is 27.9. The van der Waals surface area contributed by atoms with E-state index in [1.807, 2.05) is 0 Å². The topological polar surface area (TPSA) is 135 Å². The largest absolute Gasteiger partial charge is 0.478 e. The number of nitrogens with two attached hydrogens (primary N) is 1. The van der Waals surface area contributed by atoms with Gasteiger partial charge in [0.05, 0.1) is 11.1 Å². The van der Waals surface area contributed by atoms with Crippen molar-refractivity contribution in [3.63, 3.8) is 0 Å². The van der Waals surface area contributed by atoms with Crippen molar-refractivity contribution in [2.24, 2.45) is 0 Å². The molecule has 12 heteroatoms. The minimum absolute atomic E-state index is 0.0195. The third kappa shape index (κ3) is 4.33. The fourth-order valence-electron chi connectivity index (χ4n) is 3.51. The summed E-state index contributed by atoms with van der Waals surface area (Å²) in [6.07, 6.45) is -2.02. The van der Waals surface area contributed by atoms with E-state index in [-0.39, 0.29) is 22.6 Å². The Labute approximate surface area is 190 Å². The number of aromatic carboxylic acids is 1. The number of anilines is 3. The van der Waals surface area contributed by atoms with Crippen LogP contribution in [0.4, 0.5) is 35.2 Å². The molecule has 174 valence electrons. The monoisotopic (exact) mass is 470 g/mol. The third-order valence-corrected chi connectivity index (χ3v) is 5.06. The number of carbonyl (C=O) groups is 2. The summed E-state index contributed by atoms with van der Waals surface area (Å²) < 4.78 is 40.6. The van der Waals surface area contributed by atoms with Crippen LogP contribution in [0.15, 0.2) is 55.0 Å². The summed E-state index contributed by atoms with van der Waals surface area (Å²) in [5.74, 6) is -1.09. The van der Waals surface area contributed by atoms with Gasteiger partial charge in [0.25, 0.3) is 0 Å². The van der Waals surface area contributed by atoms with Crippen molar-refractivity contribution in [1.82, 2.24) is 14.6 Å². The van der Waals surface area contributed by atoms with Crippen LogP contribution in [0.3, 0.4) is 0 Å². The molecule has 0 aliphatic rings. The first-order chi connectivity index (χ1) is 16.0. The Morgan fingerprint density at radius 3 is 2.35 bits per heavy atom. The van der Waals surface area contributed by atoms with Gasteiger partial charge in [-0.2, -0.15) is 18.3 Å². The first kappa shape index (κ1) is 22.6. The number of hydrogen-bond donors (Lipinski definition) is 4. The molecule has 4 rings (SSSR count). The number of nitrogens with one attached hydrogen (secondary N) is 2. The molecule has 2 aromatic carbocycles. The van der Waals surface area contributed by atoms with Gasteiger partial charge in [-0.1, -0.05) is 18.2 Å². The minimum atomic E-state index is -4.54. The van der Waals surface area contributed by atoms with Crippen molar-refractivity contribution in [3.8, 4) is 11.1 Å². The molecule has 2 amide bonds. The van der Waals surface area contributed by atoms with Gasteiger partial charge in [-0.15, -0.1) is 0 Å². The molecule has 0 saturated carbocycles. The standard InChI is InChI=1S/C22H17F3N6O3/c1-11-2-5-14(8-16(11)22(23,24)25)30-21(34)29-13-6-3-12(4-7-13)17-15(20(32)33)9-31-18(17)19(26)27-10-28-31/h2-10H,1H3,(H,32,33)(H2,26,27,28)(H2,29,30,34). The van der Waals surface area contributed by atoms with Crippen LogP contribution in [0.25, 0.3) is 16.6 Å². The van der Waals surface area contributed by atoms with Crippen LogP contribution in [-0.2, 0) is 6.18 Å². The average Bonchev–Trinajstić information content (AvgIpc) is 3.16. The first-order valence-corrected chi connectivity index (χ1v) is 9.76. The van der Waals surface area contributed by atoms with Crippen LogP contribution < -0.4 is 16.4 Å². The average molecular weight is 470 g/mol. The van der Waals surface area contributed by atoms with Gasteiger partial charge in [0.1, 0.15) is 11.8 Å². The van der Waals surface area contributed by atoms with Gasteiger partial charge < -0.3 is 21.5 Å². The van der Waals surface area contributed by atoms with Crippen molar-refractivity contribution in [1.29, 1.82) is 0 Å². The van der Waals surface area contributed by atoms with Crippen LogP contribution in [0, 0.1) is 6.92 Å². The minimum Gasteiger partial charge on any atom is -0.478 e. The summed E-state index contributed by atoms with van der Waals surface area (Å²) in [5, 5.41) is 18.4. The zero-order chi connectivity index (χ0) is 24.6.